The number of halogens is 2. The molecule has 2 saturated heterocycles. The van der Waals surface area contributed by atoms with Crippen LogP contribution in [0.15, 0.2) is 91.0 Å². The summed E-state index contributed by atoms with van der Waals surface area (Å²) >= 11 is 13.5. The van der Waals surface area contributed by atoms with Gasteiger partial charge in [0.1, 0.15) is 18.1 Å². The second-order valence-corrected chi connectivity index (χ2v) is 26.7. The highest BCUT2D eigenvalue weighted by atomic mass is 35.5. The summed E-state index contributed by atoms with van der Waals surface area (Å²) in [7, 11) is 0. The number of anilines is 3. The minimum atomic E-state index is -1.11. The zero-order valence-electron chi connectivity index (χ0n) is 59.4. The monoisotopic (exact) mass is 1440 g/mol. The molecule has 5 aromatic rings. The molecule has 550 valence electrons. The lowest BCUT2D eigenvalue weighted by molar-refractivity contribution is -0.253. The molecule has 0 aliphatic carbocycles. The largest absolute Gasteiger partial charge is 0.464 e. The number of esters is 2. The molecule has 0 unspecified atom stereocenters. The molecule has 0 bridgehead atoms. The second kappa shape index (κ2) is 39.2. The van der Waals surface area contributed by atoms with Gasteiger partial charge in [-0.25, -0.2) is 0 Å². The lowest BCUT2D eigenvalue weighted by Crippen LogP contribution is -2.54. The molecule has 4 aliphatic heterocycles. The van der Waals surface area contributed by atoms with Crippen LogP contribution in [0.2, 0.25) is 0 Å². The Morgan fingerprint density at radius 3 is 1.50 bits per heavy atom. The maximum absolute atomic E-state index is 14.8. The number of carbonyl (C=O) groups is 5. The molecule has 0 aromatic heterocycles. The van der Waals surface area contributed by atoms with Crippen molar-refractivity contribution >= 4 is 104 Å². The van der Waals surface area contributed by atoms with Crippen molar-refractivity contribution in [3.8, 4) is 11.5 Å². The van der Waals surface area contributed by atoms with E-state index in [0.29, 0.717) is 137 Å². The van der Waals surface area contributed by atoms with Gasteiger partial charge in [0, 0.05) is 110 Å². The molecule has 2 fully saturated rings. The van der Waals surface area contributed by atoms with Gasteiger partial charge in [0.2, 0.25) is 18.5 Å². The Hall–Kier alpha value is -6.77. The Morgan fingerprint density at radius 2 is 1.01 bits per heavy atom. The van der Waals surface area contributed by atoms with E-state index in [1.807, 2.05) is 68.4 Å². The number of alkyl halides is 2. The molecule has 3 N–H and O–H groups in total. The van der Waals surface area contributed by atoms with Crippen LogP contribution in [0.3, 0.4) is 0 Å². The van der Waals surface area contributed by atoms with Gasteiger partial charge in [-0.05, 0) is 75.4 Å². The van der Waals surface area contributed by atoms with Crippen LogP contribution in [-0.2, 0) is 76.1 Å². The van der Waals surface area contributed by atoms with Gasteiger partial charge in [0.15, 0.2) is 6.10 Å². The van der Waals surface area contributed by atoms with E-state index < -0.39 is 36.7 Å². The Morgan fingerprint density at radius 1 is 0.545 bits per heavy atom. The fourth-order valence-electron chi connectivity index (χ4n) is 13.5. The average molecular weight is 1440 g/mol. The van der Waals surface area contributed by atoms with Gasteiger partial charge in [-0.2, -0.15) is 0 Å². The number of rotatable bonds is 38. The molecule has 24 heteroatoms. The summed E-state index contributed by atoms with van der Waals surface area (Å²) in [6.07, 6.45) is 4.17. The molecule has 22 nitrogen and oxygen atoms in total. The van der Waals surface area contributed by atoms with Gasteiger partial charge in [0.25, 0.3) is 11.8 Å². The summed E-state index contributed by atoms with van der Waals surface area (Å²) in [5.74, 6) is -0.547. The van der Waals surface area contributed by atoms with Crippen molar-refractivity contribution in [2.45, 2.75) is 111 Å². The summed E-state index contributed by atoms with van der Waals surface area (Å²) in [5.41, 5.74) is 9.98. The number of carbonyl (C=O) groups excluding carboxylic acids is 5. The number of ether oxygens (including phenoxy) is 13. The Labute approximate surface area is 602 Å². The van der Waals surface area contributed by atoms with Crippen LogP contribution in [0.1, 0.15) is 102 Å². The highest BCUT2D eigenvalue weighted by Gasteiger charge is 2.47. The van der Waals surface area contributed by atoms with Crippen LogP contribution in [0.5, 0.6) is 11.5 Å². The van der Waals surface area contributed by atoms with Gasteiger partial charge >= 0.3 is 11.9 Å². The summed E-state index contributed by atoms with van der Waals surface area (Å²) in [6.45, 7) is 21.9. The van der Waals surface area contributed by atoms with Crippen molar-refractivity contribution in [3.05, 3.63) is 113 Å². The van der Waals surface area contributed by atoms with Crippen molar-refractivity contribution < 1.29 is 85.6 Å². The molecule has 4 aliphatic rings. The van der Waals surface area contributed by atoms with E-state index >= 15 is 0 Å². The molecular weight excluding hydrogens is 1340 g/mol. The third kappa shape index (κ3) is 20.8. The van der Waals surface area contributed by atoms with E-state index in [0.717, 1.165) is 39.1 Å². The Bertz CT molecular complexity index is 3630. The molecule has 4 heterocycles. The highest BCUT2D eigenvalue weighted by Crippen LogP contribution is 2.49. The molecule has 5 aromatic carbocycles. The first kappa shape index (κ1) is 78.4. The van der Waals surface area contributed by atoms with E-state index in [2.05, 4.69) is 33.0 Å². The summed E-state index contributed by atoms with van der Waals surface area (Å²) in [5, 5.41) is 6.45. The molecule has 12 atom stereocenters. The summed E-state index contributed by atoms with van der Waals surface area (Å²) in [6, 6.07) is 24.8. The number of amides is 3. The second-order valence-electron chi connectivity index (χ2n) is 26.1. The number of fused-ring (bicyclic) bond motifs is 6. The number of benzene rings is 5. The summed E-state index contributed by atoms with van der Waals surface area (Å²) < 4.78 is 76.8. The SMILES string of the molecule is CC[C@H]1O[C@@H](Oc2cc3c(c4ccccc24)[C@H](CCl)CN3C(=O)/C=C/c2ccc(/C=C/C(=O)N3C[C@@H](CCl)c4c3cc(O[C@@H]3O[C@H](COC(C)=O)[C@H](C)[C@H](C)[C@H]3OC(C)=O)c3ccccc43)cc2NC(=O)CCOCCOCCOCCOCCOCCOCCOCCN)[C@H](C)[C@@H](C)[C@H]1C. The number of hydrogen-bond acceptors (Lipinski definition) is 19. The van der Waals surface area contributed by atoms with E-state index in [1.165, 1.54) is 26.0 Å². The molecule has 0 radical (unpaired) electrons. The third-order valence-electron chi connectivity index (χ3n) is 19.4. The van der Waals surface area contributed by atoms with Crippen LogP contribution < -0.4 is 30.3 Å². The predicted octanol–water partition coefficient (Wildman–Crippen LogP) is 11.5. The van der Waals surface area contributed by atoms with E-state index in [1.54, 1.807) is 46.2 Å². The van der Waals surface area contributed by atoms with Crippen LogP contribution in [0.25, 0.3) is 33.7 Å². The highest BCUT2D eigenvalue weighted by molar-refractivity contribution is 6.20. The van der Waals surface area contributed by atoms with Crippen LogP contribution >= 0.6 is 23.2 Å². The van der Waals surface area contributed by atoms with Crippen LogP contribution in [0, 0.1) is 29.6 Å². The van der Waals surface area contributed by atoms with Gasteiger partial charge < -0.3 is 82.4 Å². The topological polar surface area (TPSA) is 250 Å². The zero-order chi connectivity index (χ0) is 72.0. The molecule has 0 saturated carbocycles. The first-order chi connectivity index (χ1) is 48.9. The molecule has 0 spiro atoms. The molecule has 101 heavy (non-hydrogen) atoms. The van der Waals surface area contributed by atoms with E-state index in [4.69, 9.17) is 90.5 Å². The number of nitrogens with two attached hydrogens (primary N) is 1. The quantitative estimate of drug-likeness (QED) is 0.0161. The molecular formula is C77H100Cl2N4O18. The lowest BCUT2D eigenvalue weighted by atomic mass is 9.78. The van der Waals surface area contributed by atoms with Crippen molar-refractivity contribution in [2.24, 2.45) is 35.3 Å². The number of nitrogens with one attached hydrogen (secondary N) is 1. The first-order valence-electron chi connectivity index (χ1n) is 35.3. The number of nitrogens with zero attached hydrogens (tertiary/aromatic N) is 2. The van der Waals surface area contributed by atoms with Crippen LogP contribution in [0.4, 0.5) is 17.1 Å². The van der Waals surface area contributed by atoms with E-state index in [9.17, 15) is 24.0 Å². The lowest BCUT2D eigenvalue weighted by Gasteiger charge is -2.43. The normalized spacial score (nSPS) is 23.4. The maximum atomic E-state index is 14.8. The van der Waals surface area contributed by atoms with Gasteiger partial charge in [-0.3, -0.25) is 24.0 Å². The molecule has 3 amide bonds. The number of hydrogen-bond donors (Lipinski definition) is 2. The van der Waals surface area contributed by atoms with Gasteiger partial charge in [0.05, 0.1) is 122 Å². The van der Waals surface area contributed by atoms with Crippen LogP contribution in [-0.4, -0.2) is 191 Å². The smallest absolute Gasteiger partial charge is 0.303 e. The Kier molecular flexibility index (Phi) is 30.4. The zero-order valence-corrected chi connectivity index (χ0v) is 60.9. The third-order valence-corrected chi connectivity index (χ3v) is 20.2. The average Bonchev–Trinajstić information content (AvgIpc) is 1.64. The van der Waals surface area contributed by atoms with Gasteiger partial charge in [-0.1, -0.05) is 102 Å². The first-order valence-corrected chi connectivity index (χ1v) is 36.4. The van der Waals surface area contributed by atoms with E-state index in [-0.39, 0.29) is 105 Å². The maximum Gasteiger partial charge on any atom is 0.303 e. The fraction of sp³-hybridized carbons (Fsp3) is 0.545. The molecule has 9 rings (SSSR count). The summed E-state index contributed by atoms with van der Waals surface area (Å²) in [4.78, 5) is 71.2. The van der Waals surface area contributed by atoms with Crippen molar-refractivity contribution in [1.82, 2.24) is 0 Å². The minimum Gasteiger partial charge on any atom is -0.464 e. The Balaban J connectivity index is 0.891. The predicted molar refractivity (Wildman–Crippen MR) is 389 cm³/mol. The standard InChI is InChI=1S/C77H100Cl2N4O18/c1-9-66-49(3)48(2)52(6)76(98-66)99-67-41-64-73(61-16-12-10-14-59(61)67)58(44-79)46-83(64)72(88)23-21-56-20-18-55(40-63(56)81-70(86)24-26-89-28-30-91-32-34-93-36-38-95-39-37-94-35-33-92-31-29-90-27-25-80)19-22-71(87)82-45-57(43-78)74-62-17-13-11-15-60(62)68(42-65(74)82)100-77-75(97-54(8)85)51(5)50(4)69(101-77)47-96-53(7)84/h10-23,40-42,48-52,57-58,66,69,75-77H,9,24-39,43-47,80H2,1-8H3,(H,81,86)/b22-19+,23-21+/t48-,49+,50+,51-,52+,57+,58+,66+,69+,75+,76-,77+/m0/s1. The van der Waals surface area contributed by atoms with Crippen molar-refractivity contribution in [3.63, 3.8) is 0 Å². The van der Waals surface area contributed by atoms with Crippen molar-refractivity contribution in [2.75, 3.05) is 146 Å². The fourth-order valence-corrected chi connectivity index (χ4v) is 14.0. The minimum absolute atomic E-state index is 0.00114. The van der Waals surface area contributed by atoms with Crippen molar-refractivity contribution in [1.29, 1.82) is 0 Å². The van der Waals surface area contributed by atoms with Gasteiger partial charge in [-0.15, -0.1) is 23.2 Å².